The van der Waals surface area contributed by atoms with E-state index < -0.39 is 0 Å². The van der Waals surface area contributed by atoms with Gasteiger partial charge >= 0.3 is 0 Å². The molecular weight excluding hydrogens is 422 g/mol. The van der Waals surface area contributed by atoms with Crippen LogP contribution in [0.15, 0.2) is 70.2 Å². The highest BCUT2D eigenvalue weighted by atomic mass is 32.2. The molecule has 5 nitrogen and oxygen atoms in total. The van der Waals surface area contributed by atoms with Crippen LogP contribution in [0, 0.1) is 13.8 Å². The fourth-order valence-electron chi connectivity index (χ4n) is 3.68. The van der Waals surface area contributed by atoms with Gasteiger partial charge in [-0.1, -0.05) is 36.8 Å². The quantitative estimate of drug-likeness (QED) is 0.402. The molecule has 164 valence electrons. The molecule has 4 rings (SSSR count). The smallest absolute Gasteiger partial charge is 0.272 e. The minimum atomic E-state index is -0.325. The number of benzene rings is 2. The summed E-state index contributed by atoms with van der Waals surface area (Å²) in [6.45, 7) is 6.57. The van der Waals surface area contributed by atoms with Crippen molar-refractivity contribution in [1.29, 1.82) is 0 Å². The third-order valence-electron chi connectivity index (χ3n) is 5.18. The third-order valence-corrected chi connectivity index (χ3v) is 6.28. The molecule has 0 saturated heterocycles. The zero-order valence-electron chi connectivity index (χ0n) is 18.4. The summed E-state index contributed by atoms with van der Waals surface area (Å²) in [5.74, 6) is 1.19. The second kappa shape index (κ2) is 9.49. The van der Waals surface area contributed by atoms with Crippen LogP contribution in [-0.2, 0) is 15.3 Å². The van der Waals surface area contributed by atoms with E-state index in [1.165, 1.54) is 16.7 Å². The molecule has 0 radical (unpaired) electrons. The maximum atomic E-state index is 13.6. The van der Waals surface area contributed by atoms with Crippen LogP contribution in [0.1, 0.15) is 35.8 Å². The Labute approximate surface area is 192 Å². The van der Waals surface area contributed by atoms with Crippen molar-refractivity contribution in [3.8, 4) is 5.75 Å². The number of hydrogen-bond acceptors (Lipinski definition) is 5. The number of anilines is 1. The predicted octanol–water partition coefficient (Wildman–Crippen LogP) is 5.90. The SMILES string of the molecule is CCCOc1cccc(N2C(=O)C(SCc3ccco3)=C(c3ccc(C)cc3C)C2=O)c1. The summed E-state index contributed by atoms with van der Waals surface area (Å²) in [6, 6.07) is 16.7. The van der Waals surface area contributed by atoms with Gasteiger partial charge in [0.25, 0.3) is 11.8 Å². The number of hydrogen-bond donors (Lipinski definition) is 0. The number of imide groups is 1. The van der Waals surface area contributed by atoms with Crippen LogP contribution in [0.5, 0.6) is 5.75 Å². The van der Waals surface area contributed by atoms with E-state index >= 15 is 0 Å². The number of thioether (sulfide) groups is 1. The van der Waals surface area contributed by atoms with Crippen molar-refractivity contribution in [2.24, 2.45) is 0 Å². The molecule has 3 aromatic rings. The van der Waals surface area contributed by atoms with Gasteiger partial charge < -0.3 is 9.15 Å². The van der Waals surface area contributed by atoms with Crippen molar-refractivity contribution in [3.63, 3.8) is 0 Å². The van der Waals surface area contributed by atoms with Gasteiger partial charge in [0.2, 0.25) is 0 Å². The maximum Gasteiger partial charge on any atom is 0.272 e. The number of ether oxygens (including phenoxy) is 1. The van der Waals surface area contributed by atoms with Gasteiger partial charge in [-0.25, -0.2) is 4.90 Å². The summed E-state index contributed by atoms with van der Waals surface area (Å²) in [5, 5.41) is 0. The summed E-state index contributed by atoms with van der Waals surface area (Å²) < 4.78 is 11.1. The van der Waals surface area contributed by atoms with Crippen molar-refractivity contribution < 1.29 is 18.7 Å². The first kappa shape index (κ1) is 22.0. The Morgan fingerprint density at radius 2 is 1.84 bits per heavy atom. The van der Waals surface area contributed by atoms with E-state index in [0.717, 1.165) is 28.9 Å². The van der Waals surface area contributed by atoms with Crippen LogP contribution in [-0.4, -0.2) is 18.4 Å². The molecule has 0 spiro atoms. The number of rotatable bonds is 8. The van der Waals surface area contributed by atoms with Crippen LogP contribution < -0.4 is 9.64 Å². The number of aryl methyl sites for hydroxylation is 2. The molecule has 32 heavy (non-hydrogen) atoms. The summed E-state index contributed by atoms with van der Waals surface area (Å²) in [6.07, 6.45) is 2.48. The molecule has 1 aliphatic rings. The second-order valence-electron chi connectivity index (χ2n) is 7.68. The van der Waals surface area contributed by atoms with Gasteiger partial charge in [-0.3, -0.25) is 9.59 Å². The van der Waals surface area contributed by atoms with Crippen LogP contribution in [0.2, 0.25) is 0 Å². The standard InChI is InChI=1S/C26H25NO4S/c1-4-12-30-20-8-5-7-19(15-20)27-25(28)23(22-11-10-17(2)14-18(22)3)24(26(27)29)32-16-21-9-6-13-31-21/h5-11,13-15H,4,12,16H2,1-3H3. The molecule has 0 saturated carbocycles. The van der Waals surface area contributed by atoms with Gasteiger partial charge in [-0.15, -0.1) is 11.8 Å². The highest BCUT2D eigenvalue weighted by molar-refractivity contribution is 8.03. The fraction of sp³-hybridized carbons (Fsp3) is 0.231. The third kappa shape index (κ3) is 4.36. The molecule has 0 unspecified atom stereocenters. The van der Waals surface area contributed by atoms with Crippen LogP contribution in [0.4, 0.5) is 5.69 Å². The predicted molar refractivity (Wildman–Crippen MR) is 128 cm³/mol. The van der Waals surface area contributed by atoms with Crippen molar-refractivity contribution in [1.82, 2.24) is 0 Å². The molecule has 6 heteroatoms. The first-order valence-electron chi connectivity index (χ1n) is 10.6. The Bertz CT molecular complexity index is 1180. The molecule has 1 aliphatic heterocycles. The molecule has 0 atom stereocenters. The lowest BCUT2D eigenvalue weighted by Gasteiger charge is -2.17. The van der Waals surface area contributed by atoms with Crippen molar-refractivity contribution in [3.05, 3.63) is 88.2 Å². The van der Waals surface area contributed by atoms with E-state index in [1.54, 1.807) is 24.5 Å². The van der Waals surface area contributed by atoms with E-state index in [9.17, 15) is 9.59 Å². The van der Waals surface area contributed by atoms with Crippen molar-refractivity contribution in [2.75, 3.05) is 11.5 Å². The highest BCUT2D eigenvalue weighted by Gasteiger charge is 2.40. The van der Waals surface area contributed by atoms with E-state index in [-0.39, 0.29) is 11.8 Å². The first-order valence-corrected chi connectivity index (χ1v) is 11.6. The van der Waals surface area contributed by atoms with Crippen LogP contribution in [0.3, 0.4) is 0 Å². The Balaban J connectivity index is 1.74. The average molecular weight is 448 g/mol. The molecule has 2 amide bonds. The Kier molecular flexibility index (Phi) is 6.51. The molecule has 2 heterocycles. The largest absolute Gasteiger partial charge is 0.494 e. The van der Waals surface area contributed by atoms with E-state index in [4.69, 9.17) is 9.15 Å². The summed E-state index contributed by atoms with van der Waals surface area (Å²) in [4.78, 5) is 28.8. The number of nitrogens with zero attached hydrogens (tertiary/aromatic N) is 1. The van der Waals surface area contributed by atoms with Gasteiger partial charge in [-0.05, 0) is 55.7 Å². The summed E-state index contributed by atoms with van der Waals surface area (Å²) in [5.41, 5.74) is 3.77. The molecule has 2 aromatic carbocycles. The molecule has 0 N–H and O–H groups in total. The first-order chi connectivity index (χ1) is 15.5. The van der Waals surface area contributed by atoms with Gasteiger partial charge in [0.1, 0.15) is 11.5 Å². The molecule has 0 bridgehead atoms. The minimum absolute atomic E-state index is 0.323. The number of furan rings is 1. The normalized spacial score (nSPS) is 13.9. The van der Waals surface area contributed by atoms with Crippen molar-refractivity contribution >= 4 is 34.8 Å². The lowest BCUT2D eigenvalue weighted by Crippen LogP contribution is -2.31. The lowest BCUT2D eigenvalue weighted by molar-refractivity contribution is -0.119. The van der Waals surface area contributed by atoms with Crippen LogP contribution >= 0.6 is 11.8 Å². The topological polar surface area (TPSA) is 59.8 Å². The molecule has 1 aromatic heterocycles. The van der Waals surface area contributed by atoms with Gasteiger partial charge in [0.05, 0.1) is 34.8 Å². The Morgan fingerprint density at radius 3 is 2.56 bits per heavy atom. The zero-order valence-corrected chi connectivity index (χ0v) is 19.2. The fourth-order valence-corrected chi connectivity index (χ4v) is 4.69. The zero-order chi connectivity index (χ0) is 22.7. The molecule has 0 fully saturated rings. The number of carbonyl (C=O) groups is 2. The number of amides is 2. The van der Waals surface area contributed by atoms with Gasteiger partial charge in [-0.2, -0.15) is 0 Å². The molecular formula is C26H25NO4S. The monoisotopic (exact) mass is 447 g/mol. The van der Waals surface area contributed by atoms with Gasteiger partial charge in [0.15, 0.2) is 0 Å². The highest BCUT2D eigenvalue weighted by Crippen LogP contribution is 2.41. The van der Waals surface area contributed by atoms with E-state index in [0.29, 0.717) is 34.3 Å². The number of carbonyl (C=O) groups excluding carboxylic acids is 2. The molecule has 0 aliphatic carbocycles. The minimum Gasteiger partial charge on any atom is -0.494 e. The van der Waals surface area contributed by atoms with Crippen LogP contribution in [0.25, 0.3) is 5.57 Å². The summed E-state index contributed by atoms with van der Waals surface area (Å²) >= 11 is 1.33. The maximum absolute atomic E-state index is 13.6. The second-order valence-corrected chi connectivity index (χ2v) is 8.67. The lowest BCUT2D eigenvalue weighted by atomic mass is 9.99. The van der Waals surface area contributed by atoms with Crippen molar-refractivity contribution in [2.45, 2.75) is 32.9 Å². The Hall–Kier alpha value is -3.25. The summed E-state index contributed by atoms with van der Waals surface area (Å²) in [7, 11) is 0. The van der Waals surface area contributed by atoms with E-state index in [2.05, 4.69) is 0 Å². The Morgan fingerprint density at radius 1 is 1.00 bits per heavy atom. The van der Waals surface area contributed by atoms with Gasteiger partial charge in [0, 0.05) is 6.07 Å². The average Bonchev–Trinajstić information content (AvgIpc) is 3.37. The van der Waals surface area contributed by atoms with E-state index in [1.807, 2.05) is 57.2 Å².